The van der Waals surface area contributed by atoms with Crippen molar-refractivity contribution in [2.45, 2.75) is 25.7 Å². The number of aromatic carboxylic acids is 1. The van der Waals surface area contributed by atoms with Gasteiger partial charge in [-0.05, 0) is 30.5 Å². The number of anilines is 1. The third kappa shape index (κ3) is 3.22. The van der Waals surface area contributed by atoms with Crippen LogP contribution in [-0.4, -0.2) is 17.6 Å². The molecule has 0 heterocycles. The predicted octanol–water partition coefficient (Wildman–Crippen LogP) is 3.75. The van der Waals surface area contributed by atoms with E-state index in [1.54, 1.807) is 6.07 Å². The van der Waals surface area contributed by atoms with Gasteiger partial charge >= 0.3 is 5.97 Å². The molecule has 2 rings (SSSR count). The van der Waals surface area contributed by atoms with E-state index in [1.807, 2.05) is 12.1 Å². The summed E-state index contributed by atoms with van der Waals surface area (Å²) in [6.45, 7) is 0.854. The van der Waals surface area contributed by atoms with Crippen LogP contribution in [0.15, 0.2) is 22.7 Å². The molecule has 0 saturated heterocycles. The number of benzene rings is 1. The van der Waals surface area contributed by atoms with E-state index in [4.69, 9.17) is 5.11 Å². The Morgan fingerprint density at radius 1 is 1.47 bits per heavy atom. The molecule has 0 atom stereocenters. The van der Waals surface area contributed by atoms with Crippen LogP contribution in [0.3, 0.4) is 0 Å². The predicted molar refractivity (Wildman–Crippen MR) is 71.5 cm³/mol. The number of hydrogen-bond acceptors (Lipinski definition) is 2. The number of rotatable bonds is 5. The van der Waals surface area contributed by atoms with Crippen LogP contribution in [0.25, 0.3) is 0 Å². The Kier molecular flexibility index (Phi) is 4.05. The molecule has 0 bridgehead atoms. The second kappa shape index (κ2) is 5.54. The number of hydrogen-bond donors (Lipinski definition) is 2. The van der Waals surface area contributed by atoms with Gasteiger partial charge in [-0.2, -0.15) is 0 Å². The zero-order chi connectivity index (χ0) is 12.3. The Hall–Kier alpha value is -1.03. The summed E-state index contributed by atoms with van der Waals surface area (Å²) in [5.74, 6) is -0.0522. The molecule has 2 N–H and O–H groups in total. The van der Waals surface area contributed by atoms with Gasteiger partial charge in [-0.15, -0.1) is 0 Å². The Morgan fingerprint density at radius 3 is 2.82 bits per heavy atom. The van der Waals surface area contributed by atoms with Gasteiger partial charge in [-0.25, -0.2) is 4.79 Å². The van der Waals surface area contributed by atoms with E-state index in [0.717, 1.165) is 23.4 Å². The third-order valence-electron chi connectivity index (χ3n) is 3.30. The van der Waals surface area contributed by atoms with E-state index in [9.17, 15) is 4.79 Å². The second-order valence-electron chi connectivity index (χ2n) is 4.51. The summed E-state index contributed by atoms with van der Waals surface area (Å²) < 4.78 is 0.791. The first-order chi connectivity index (χ1) is 8.16. The van der Waals surface area contributed by atoms with Crippen molar-refractivity contribution >= 4 is 27.6 Å². The Balaban J connectivity index is 1.96. The van der Waals surface area contributed by atoms with Crippen LogP contribution in [0.4, 0.5) is 5.69 Å². The maximum Gasteiger partial charge on any atom is 0.337 e. The molecule has 0 spiro atoms. The van der Waals surface area contributed by atoms with Crippen molar-refractivity contribution in [3.8, 4) is 0 Å². The average molecular weight is 298 g/mol. The van der Waals surface area contributed by atoms with Gasteiger partial charge < -0.3 is 10.4 Å². The molecule has 1 fully saturated rings. The van der Waals surface area contributed by atoms with Gasteiger partial charge in [0.2, 0.25) is 0 Å². The van der Waals surface area contributed by atoms with Crippen molar-refractivity contribution in [3.63, 3.8) is 0 Å². The normalized spacial score (nSPS) is 15.4. The van der Waals surface area contributed by atoms with Crippen molar-refractivity contribution in [3.05, 3.63) is 28.2 Å². The fraction of sp³-hybridized carbons (Fsp3) is 0.462. The van der Waals surface area contributed by atoms with Crippen LogP contribution in [0.5, 0.6) is 0 Å². The molecule has 0 unspecified atom stereocenters. The lowest BCUT2D eigenvalue weighted by atomic mass is 9.83. The topological polar surface area (TPSA) is 49.3 Å². The number of nitrogens with one attached hydrogen (secondary N) is 1. The van der Waals surface area contributed by atoms with Gasteiger partial charge in [-0.3, -0.25) is 0 Å². The van der Waals surface area contributed by atoms with E-state index in [0.29, 0.717) is 11.3 Å². The molecule has 0 aromatic heterocycles. The van der Waals surface area contributed by atoms with Gasteiger partial charge in [0, 0.05) is 16.7 Å². The van der Waals surface area contributed by atoms with Gasteiger partial charge in [0.1, 0.15) is 0 Å². The summed E-state index contributed by atoms with van der Waals surface area (Å²) in [6, 6.07) is 5.31. The maximum absolute atomic E-state index is 11.1. The summed E-state index contributed by atoms with van der Waals surface area (Å²) in [5.41, 5.74) is 1.04. The zero-order valence-electron chi connectivity index (χ0n) is 9.58. The van der Waals surface area contributed by atoms with Crippen molar-refractivity contribution in [1.29, 1.82) is 0 Å². The summed E-state index contributed by atoms with van der Waals surface area (Å²) in [5, 5.41) is 12.3. The Bertz CT molecular complexity index is 416. The highest BCUT2D eigenvalue weighted by atomic mass is 79.9. The van der Waals surface area contributed by atoms with Crippen molar-refractivity contribution < 1.29 is 9.90 Å². The SMILES string of the molecule is O=C(O)c1cc(Br)ccc1NCCC1CCC1. The van der Waals surface area contributed by atoms with E-state index in [-0.39, 0.29) is 0 Å². The van der Waals surface area contributed by atoms with E-state index in [1.165, 1.54) is 19.3 Å². The molecule has 1 aliphatic carbocycles. The van der Waals surface area contributed by atoms with Gasteiger partial charge in [-0.1, -0.05) is 35.2 Å². The lowest BCUT2D eigenvalue weighted by Crippen LogP contribution is -2.16. The molecule has 1 aromatic carbocycles. The van der Waals surface area contributed by atoms with Gasteiger partial charge in [0.25, 0.3) is 0 Å². The lowest BCUT2D eigenvalue weighted by Gasteiger charge is -2.25. The highest BCUT2D eigenvalue weighted by molar-refractivity contribution is 9.10. The summed E-state index contributed by atoms with van der Waals surface area (Å²) in [4.78, 5) is 11.1. The first kappa shape index (κ1) is 12.4. The van der Waals surface area contributed by atoms with E-state index >= 15 is 0 Å². The number of carboxylic acids is 1. The van der Waals surface area contributed by atoms with Gasteiger partial charge in [0.15, 0.2) is 0 Å². The molecule has 0 aliphatic heterocycles. The smallest absolute Gasteiger partial charge is 0.337 e. The minimum Gasteiger partial charge on any atom is -0.478 e. The third-order valence-corrected chi connectivity index (χ3v) is 3.80. The van der Waals surface area contributed by atoms with Crippen molar-refractivity contribution in [2.75, 3.05) is 11.9 Å². The maximum atomic E-state index is 11.1. The fourth-order valence-corrected chi connectivity index (χ4v) is 2.40. The van der Waals surface area contributed by atoms with Crippen LogP contribution >= 0.6 is 15.9 Å². The molecule has 17 heavy (non-hydrogen) atoms. The molecule has 0 radical (unpaired) electrons. The largest absolute Gasteiger partial charge is 0.478 e. The molecule has 1 saturated carbocycles. The molecule has 92 valence electrons. The van der Waals surface area contributed by atoms with E-state index in [2.05, 4.69) is 21.2 Å². The quantitative estimate of drug-likeness (QED) is 0.870. The monoisotopic (exact) mass is 297 g/mol. The minimum absolute atomic E-state index is 0.327. The van der Waals surface area contributed by atoms with Crippen LogP contribution < -0.4 is 5.32 Å². The van der Waals surface area contributed by atoms with Crippen LogP contribution in [0.1, 0.15) is 36.0 Å². The van der Waals surface area contributed by atoms with Gasteiger partial charge in [0.05, 0.1) is 5.56 Å². The molecular weight excluding hydrogens is 282 g/mol. The minimum atomic E-state index is -0.891. The zero-order valence-corrected chi connectivity index (χ0v) is 11.2. The highest BCUT2D eigenvalue weighted by Crippen LogP contribution is 2.29. The summed E-state index contributed by atoms with van der Waals surface area (Å²) >= 11 is 3.29. The number of carboxylic acid groups (broad SMARTS) is 1. The Labute approximate surface area is 109 Å². The standard InChI is InChI=1S/C13H16BrNO2/c14-10-4-5-12(11(8-10)13(16)17)15-7-6-9-2-1-3-9/h4-5,8-9,15H,1-3,6-7H2,(H,16,17). The van der Waals surface area contributed by atoms with Crippen LogP contribution in [0, 0.1) is 5.92 Å². The molecule has 1 aliphatic rings. The molecule has 1 aromatic rings. The second-order valence-corrected chi connectivity index (χ2v) is 5.42. The first-order valence-electron chi connectivity index (χ1n) is 5.93. The molecular formula is C13H16BrNO2. The highest BCUT2D eigenvalue weighted by Gasteiger charge is 2.17. The molecule has 3 nitrogen and oxygen atoms in total. The fourth-order valence-electron chi connectivity index (χ4n) is 2.04. The van der Waals surface area contributed by atoms with E-state index < -0.39 is 5.97 Å². The molecule has 4 heteroatoms. The lowest BCUT2D eigenvalue weighted by molar-refractivity contribution is 0.0698. The van der Waals surface area contributed by atoms with Crippen molar-refractivity contribution in [1.82, 2.24) is 0 Å². The molecule has 0 amide bonds. The van der Waals surface area contributed by atoms with Crippen LogP contribution in [0.2, 0.25) is 0 Å². The average Bonchev–Trinajstić information content (AvgIpc) is 2.23. The number of halogens is 1. The summed E-state index contributed by atoms with van der Waals surface area (Å²) in [6.07, 6.45) is 5.14. The number of carbonyl (C=O) groups is 1. The van der Waals surface area contributed by atoms with Crippen LogP contribution in [-0.2, 0) is 0 Å². The first-order valence-corrected chi connectivity index (χ1v) is 6.73. The Morgan fingerprint density at radius 2 is 2.24 bits per heavy atom. The van der Waals surface area contributed by atoms with Crippen molar-refractivity contribution in [2.24, 2.45) is 5.92 Å². The summed E-state index contributed by atoms with van der Waals surface area (Å²) in [7, 11) is 0.